The lowest BCUT2D eigenvalue weighted by molar-refractivity contribution is -0.113. The van der Waals surface area contributed by atoms with E-state index in [1.807, 2.05) is 41.8 Å². The third kappa shape index (κ3) is 4.65. The Kier molecular flexibility index (Phi) is 6.92. The number of thioether (sulfide) groups is 1. The van der Waals surface area contributed by atoms with Gasteiger partial charge in [0.05, 0.1) is 12.0 Å². The lowest BCUT2D eigenvalue weighted by atomic mass is 10.1. The Hall–Kier alpha value is -2.54. The van der Waals surface area contributed by atoms with Crippen LogP contribution in [-0.2, 0) is 17.8 Å². The Morgan fingerprint density at radius 2 is 2.07 bits per heavy atom. The predicted molar refractivity (Wildman–Crippen MR) is 113 cm³/mol. The number of hydrogen-bond donors (Lipinski definition) is 1. The van der Waals surface area contributed by atoms with Gasteiger partial charge in [-0.05, 0) is 43.0 Å². The summed E-state index contributed by atoms with van der Waals surface area (Å²) in [5.41, 5.74) is 3.13. The summed E-state index contributed by atoms with van der Waals surface area (Å²) >= 11 is 1.40. The van der Waals surface area contributed by atoms with Crippen molar-refractivity contribution < 1.29 is 9.21 Å². The first-order chi connectivity index (χ1) is 13.6. The Balaban J connectivity index is 1.71. The maximum absolute atomic E-state index is 12.6. The summed E-state index contributed by atoms with van der Waals surface area (Å²) in [5.74, 6) is 1.62. The van der Waals surface area contributed by atoms with Crippen LogP contribution in [0.2, 0.25) is 0 Å². The Bertz CT molecular complexity index is 919. The molecule has 3 aromatic rings. The van der Waals surface area contributed by atoms with Gasteiger partial charge in [0, 0.05) is 12.2 Å². The minimum atomic E-state index is -0.0430. The minimum absolute atomic E-state index is 0.0430. The van der Waals surface area contributed by atoms with Gasteiger partial charge in [0.25, 0.3) is 0 Å². The maximum Gasteiger partial charge on any atom is 0.234 e. The van der Waals surface area contributed by atoms with Gasteiger partial charge >= 0.3 is 0 Å². The molecule has 0 aliphatic rings. The number of aromatic nitrogens is 3. The molecule has 0 unspecified atom stereocenters. The number of nitrogens with one attached hydrogen (secondary N) is 1. The molecule has 6 nitrogen and oxygen atoms in total. The van der Waals surface area contributed by atoms with E-state index in [9.17, 15) is 4.79 Å². The average Bonchev–Trinajstić information content (AvgIpc) is 3.35. The number of rotatable bonds is 9. The quantitative estimate of drug-likeness (QED) is 0.517. The van der Waals surface area contributed by atoms with Gasteiger partial charge in [-0.3, -0.25) is 9.36 Å². The van der Waals surface area contributed by atoms with Crippen LogP contribution < -0.4 is 5.32 Å². The highest BCUT2D eigenvalue weighted by molar-refractivity contribution is 7.99. The molecule has 0 aliphatic carbocycles. The summed E-state index contributed by atoms with van der Waals surface area (Å²) in [7, 11) is 0. The van der Waals surface area contributed by atoms with Crippen molar-refractivity contribution in [3.63, 3.8) is 0 Å². The number of unbranched alkanes of at least 4 members (excludes halogenated alkanes) is 1. The fourth-order valence-electron chi connectivity index (χ4n) is 3.01. The number of furan rings is 1. The van der Waals surface area contributed by atoms with Crippen LogP contribution >= 0.6 is 11.8 Å². The molecule has 1 N–H and O–H groups in total. The zero-order valence-corrected chi connectivity index (χ0v) is 17.4. The number of hydrogen-bond acceptors (Lipinski definition) is 5. The van der Waals surface area contributed by atoms with Gasteiger partial charge in [0.1, 0.15) is 0 Å². The van der Waals surface area contributed by atoms with Crippen LogP contribution in [0.5, 0.6) is 0 Å². The van der Waals surface area contributed by atoms with Crippen molar-refractivity contribution in [2.45, 2.75) is 51.7 Å². The molecular weight excluding hydrogens is 372 g/mol. The lowest BCUT2D eigenvalue weighted by Gasteiger charge is -2.13. The van der Waals surface area contributed by atoms with E-state index in [-0.39, 0.29) is 11.7 Å². The Labute approximate surface area is 169 Å². The molecule has 1 aromatic carbocycles. The summed E-state index contributed by atoms with van der Waals surface area (Å²) < 4.78 is 7.52. The van der Waals surface area contributed by atoms with Crippen LogP contribution in [0.1, 0.15) is 37.8 Å². The number of benzene rings is 1. The van der Waals surface area contributed by atoms with E-state index in [4.69, 9.17) is 4.42 Å². The third-order valence-electron chi connectivity index (χ3n) is 4.53. The van der Waals surface area contributed by atoms with Crippen molar-refractivity contribution >= 4 is 23.4 Å². The summed E-state index contributed by atoms with van der Waals surface area (Å²) in [6, 6.07) is 9.79. The third-order valence-corrected chi connectivity index (χ3v) is 5.50. The Morgan fingerprint density at radius 3 is 2.79 bits per heavy atom. The van der Waals surface area contributed by atoms with Crippen LogP contribution in [0.25, 0.3) is 11.6 Å². The molecule has 0 fully saturated rings. The van der Waals surface area contributed by atoms with Crippen molar-refractivity contribution in [1.29, 1.82) is 0 Å². The van der Waals surface area contributed by atoms with Crippen LogP contribution in [0.15, 0.2) is 46.2 Å². The minimum Gasteiger partial charge on any atom is -0.461 e. The molecule has 148 valence electrons. The van der Waals surface area contributed by atoms with E-state index >= 15 is 0 Å². The molecule has 0 bridgehead atoms. The lowest BCUT2D eigenvalue weighted by Crippen LogP contribution is -2.16. The smallest absolute Gasteiger partial charge is 0.234 e. The summed E-state index contributed by atoms with van der Waals surface area (Å²) in [6.45, 7) is 7.04. The van der Waals surface area contributed by atoms with E-state index in [2.05, 4.69) is 29.4 Å². The number of carbonyl (C=O) groups excluding carboxylic acids is 1. The van der Waals surface area contributed by atoms with Gasteiger partial charge in [-0.1, -0.05) is 50.2 Å². The number of para-hydroxylation sites is 1. The van der Waals surface area contributed by atoms with Crippen LogP contribution in [0.3, 0.4) is 0 Å². The molecule has 0 saturated heterocycles. The first-order valence-corrected chi connectivity index (χ1v) is 10.6. The second-order valence-corrected chi connectivity index (χ2v) is 7.53. The van der Waals surface area contributed by atoms with Gasteiger partial charge in [0.15, 0.2) is 16.7 Å². The highest BCUT2D eigenvalue weighted by Gasteiger charge is 2.17. The van der Waals surface area contributed by atoms with E-state index in [0.717, 1.165) is 47.8 Å². The molecule has 0 aliphatic heterocycles. The number of anilines is 1. The maximum atomic E-state index is 12.6. The van der Waals surface area contributed by atoms with E-state index in [1.165, 1.54) is 11.8 Å². The molecular formula is C21H26N4O2S. The average molecular weight is 399 g/mol. The molecule has 28 heavy (non-hydrogen) atoms. The van der Waals surface area contributed by atoms with Crippen molar-refractivity contribution in [2.24, 2.45) is 0 Å². The highest BCUT2D eigenvalue weighted by Crippen LogP contribution is 2.26. The number of carbonyl (C=O) groups is 1. The SMILES string of the molecule is CCCCn1c(SCC(=O)Nc2c(C)cccc2CC)nnc1-c1ccco1. The topological polar surface area (TPSA) is 73.0 Å². The second kappa shape index (κ2) is 9.59. The fourth-order valence-corrected chi connectivity index (χ4v) is 3.77. The van der Waals surface area contributed by atoms with E-state index in [0.29, 0.717) is 11.6 Å². The first-order valence-electron chi connectivity index (χ1n) is 9.62. The summed E-state index contributed by atoms with van der Waals surface area (Å²) in [4.78, 5) is 12.6. The molecule has 7 heteroatoms. The molecule has 2 heterocycles. The van der Waals surface area contributed by atoms with Crippen LogP contribution in [-0.4, -0.2) is 26.4 Å². The van der Waals surface area contributed by atoms with Crippen molar-refractivity contribution in [1.82, 2.24) is 14.8 Å². The van der Waals surface area contributed by atoms with Gasteiger partial charge < -0.3 is 9.73 Å². The van der Waals surface area contributed by atoms with Gasteiger partial charge in [0.2, 0.25) is 5.91 Å². The second-order valence-electron chi connectivity index (χ2n) is 6.59. The first kappa shape index (κ1) is 20.2. The highest BCUT2D eigenvalue weighted by atomic mass is 32.2. The summed E-state index contributed by atoms with van der Waals surface area (Å²) in [5, 5.41) is 12.4. The van der Waals surface area contributed by atoms with Gasteiger partial charge in [-0.15, -0.1) is 10.2 Å². The normalized spacial score (nSPS) is 11.0. The number of nitrogens with zero attached hydrogens (tertiary/aromatic N) is 3. The number of amides is 1. The van der Waals surface area contributed by atoms with Crippen LogP contribution in [0.4, 0.5) is 5.69 Å². The molecule has 2 aromatic heterocycles. The van der Waals surface area contributed by atoms with Crippen molar-refractivity contribution in [3.8, 4) is 11.6 Å². The van der Waals surface area contributed by atoms with Crippen LogP contribution in [0, 0.1) is 6.92 Å². The van der Waals surface area contributed by atoms with Gasteiger partial charge in [-0.2, -0.15) is 0 Å². The predicted octanol–water partition coefficient (Wildman–Crippen LogP) is 4.94. The molecule has 0 atom stereocenters. The van der Waals surface area contributed by atoms with Crippen molar-refractivity contribution in [3.05, 3.63) is 47.7 Å². The zero-order valence-electron chi connectivity index (χ0n) is 16.6. The largest absolute Gasteiger partial charge is 0.461 e. The van der Waals surface area contributed by atoms with E-state index in [1.54, 1.807) is 6.26 Å². The molecule has 1 amide bonds. The molecule has 3 rings (SSSR count). The van der Waals surface area contributed by atoms with E-state index < -0.39 is 0 Å². The molecule has 0 spiro atoms. The molecule has 0 saturated carbocycles. The zero-order chi connectivity index (χ0) is 19.9. The fraction of sp³-hybridized carbons (Fsp3) is 0.381. The molecule has 0 radical (unpaired) electrons. The Morgan fingerprint density at radius 1 is 1.21 bits per heavy atom. The summed E-state index contributed by atoms with van der Waals surface area (Å²) in [6.07, 6.45) is 4.58. The number of aryl methyl sites for hydroxylation is 2. The monoisotopic (exact) mass is 398 g/mol. The standard InChI is InChI=1S/C21H26N4O2S/c1-4-6-12-25-20(17-11-8-13-27-17)23-24-21(25)28-14-18(26)22-19-15(3)9-7-10-16(19)5-2/h7-11,13H,4-6,12,14H2,1-3H3,(H,22,26). The van der Waals surface area contributed by atoms with Gasteiger partial charge in [-0.25, -0.2) is 0 Å². The van der Waals surface area contributed by atoms with Crippen molar-refractivity contribution in [2.75, 3.05) is 11.1 Å².